The molecule has 0 spiro atoms. The minimum atomic E-state index is -0.833. The first-order valence-corrected chi connectivity index (χ1v) is 7.02. The zero-order chi connectivity index (χ0) is 17.9. The highest BCUT2D eigenvalue weighted by Gasteiger charge is 2.20. The zero-order valence-electron chi connectivity index (χ0n) is 11.7. The van der Waals surface area contributed by atoms with E-state index in [0.717, 1.165) is 30.3 Å². The van der Waals surface area contributed by atoms with Crippen molar-refractivity contribution in [2.24, 2.45) is 0 Å². The van der Waals surface area contributed by atoms with Gasteiger partial charge in [-0.3, -0.25) is 35.9 Å². The van der Waals surface area contributed by atoms with Crippen LogP contribution in [0, 0.1) is 26.0 Å². The van der Waals surface area contributed by atoms with Crippen LogP contribution in [0.5, 0.6) is 0 Å². The number of rotatable bonds is 5. The highest BCUT2D eigenvalue weighted by molar-refractivity contribution is 9.10. The van der Waals surface area contributed by atoms with Crippen LogP contribution in [0.3, 0.4) is 0 Å². The maximum absolute atomic E-state index is 13.3. The van der Waals surface area contributed by atoms with Crippen LogP contribution in [0.15, 0.2) is 40.9 Å². The van der Waals surface area contributed by atoms with Gasteiger partial charge in [-0.05, 0) is 24.3 Å². The van der Waals surface area contributed by atoms with Crippen LogP contribution in [-0.4, -0.2) is 15.8 Å². The highest BCUT2D eigenvalue weighted by atomic mass is 79.9. The predicted octanol–water partition coefficient (Wildman–Crippen LogP) is 3.16. The molecule has 0 atom stereocenters. The molecule has 0 unspecified atom stereocenters. The standard InChI is InChI=1S/C13H8BrFN4O5/c14-8-3-7(4-9(15)5-8)13(20)17-16-11-2-1-10(18(21)22)6-12(11)19(23)24/h1-6,16H,(H,17,20). The Labute approximate surface area is 141 Å². The number of hydrogen-bond donors (Lipinski definition) is 2. The maximum atomic E-state index is 13.3. The Morgan fingerprint density at radius 3 is 2.38 bits per heavy atom. The van der Waals surface area contributed by atoms with E-state index >= 15 is 0 Å². The number of anilines is 1. The lowest BCUT2D eigenvalue weighted by Crippen LogP contribution is -2.29. The van der Waals surface area contributed by atoms with Crippen molar-refractivity contribution < 1.29 is 19.0 Å². The van der Waals surface area contributed by atoms with Crippen LogP contribution in [-0.2, 0) is 0 Å². The summed E-state index contributed by atoms with van der Waals surface area (Å²) < 4.78 is 13.6. The van der Waals surface area contributed by atoms with E-state index in [1.165, 1.54) is 6.07 Å². The van der Waals surface area contributed by atoms with Crippen LogP contribution in [0.1, 0.15) is 10.4 Å². The summed E-state index contributed by atoms with van der Waals surface area (Å²) >= 11 is 3.04. The monoisotopic (exact) mass is 398 g/mol. The molecule has 11 heteroatoms. The molecule has 9 nitrogen and oxygen atoms in total. The smallest absolute Gasteiger partial charge is 0.292 e. The van der Waals surface area contributed by atoms with E-state index in [-0.39, 0.29) is 11.3 Å². The van der Waals surface area contributed by atoms with Crippen molar-refractivity contribution in [2.45, 2.75) is 0 Å². The number of amides is 1. The number of nitrogens with one attached hydrogen (secondary N) is 2. The second-order valence-electron chi connectivity index (χ2n) is 4.45. The van der Waals surface area contributed by atoms with Gasteiger partial charge in [-0.1, -0.05) is 15.9 Å². The molecule has 0 fully saturated rings. The number of carbonyl (C=O) groups is 1. The molecule has 24 heavy (non-hydrogen) atoms. The number of hydrogen-bond acceptors (Lipinski definition) is 6. The summed E-state index contributed by atoms with van der Waals surface area (Å²) in [6.45, 7) is 0. The normalized spacial score (nSPS) is 10.1. The first-order valence-electron chi connectivity index (χ1n) is 6.23. The Balaban J connectivity index is 2.20. The molecule has 2 aromatic rings. The van der Waals surface area contributed by atoms with Gasteiger partial charge in [-0.25, -0.2) is 4.39 Å². The third kappa shape index (κ3) is 4.01. The van der Waals surface area contributed by atoms with Crippen LogP contribution >= 0.6 is 15.9 Å². The highest BCUT2D eigenvalue weighted by Crippen LogP contribution is 2.28. The van der Waals surface area contributed by atoms with Crippen molar-refractivity contribution in [1.82, 2.24) is 5.43 Å². The quantitative estimate of drug-likeness (QED) is 0.587. The van der Waals surface area contributed by atoms with Gasteiger partial charge < -0.3 is 0 Å². The van der Waals surface area contributed by atoms with Gasteiger partial charge in [0.25, 0.3) is 11.6 Å². The van der Waals surface area contributed by atoms with Gasteiger partial charge >= 0.3 is 5.69 Å². The van der Waals surface area contributed by atoms with Gasteiger partial charge in [-0.2, -0.15) is 0 Å². The first-order chi connectivity index (χ1) is 11.3. The number of halogens is 2. The lowest BCUT2D eigenvalue weighted by Gasteiger charge is -2.09. The van der Waals surface area contributed by atoms with Crippen molar-refractivity contribution in [3.8, 4) is 0 Å². The number of nitro benzene ring substituents is 2. The number of non-ortho nitro benzene ring substituents is 1. The van der Waals surface area contributed by atoms with Gasteiger partial charge in [0.05, 0.1) is 15.9 Å². The number of nitro groups is 2. The lowest BCUT2D eigenvalue weighted by molar-refractivity contribution is -0.393. The van der Waals surface area contributed by atoms with E-state index in [4.69, 9.17) is 0 Å². The van der Waals surface area contributed by atoms with E-state index in [2.05, 4.69) is 26.8 Å². The van der Waals surface area contributed by atoms with E-state index < -0.39 is 32.9 Å². The Hall–Kier alpha value is -3.08. The number of nitrogens with zero attached hydrogens (tertiary/aromatic N) is 2. The molecule has 0 aromatic heterocycles. The largest absolute Gasteiger partial charge is 0.300 e. The van der Waals surface area contributed by atoms with Gasteiger partial charge in [0, 0.05) is 16.1 Å². The molecule has 0 saturated heterocycles. The molecular weight excluding hydrogens is 391 g/mol. The summed E-state index contributed by atoms with van der Waals surface area (Å²) in [6.07, 6.45) is 0. The molecule has 0 radical (unpaired) electrons. The summed E-state index contributed by atoms with van der Waals surface area (Å²) in [5.41, 5.74) is 3.21. The average molecular weight is 399 g/mol. The fraction of sp³-hybridized carbons (Fsp3) is 0. The fourth-order valence-electron chi connectivity index (χ4n) is 1.77. The Kier molecular flexibility index (Phi) is 5.04. The predicted molar refractivity (Wildman–Crippen MR) is 84.9 cm³/mol. The molecule has 0 saturated carbocycles. The average Bonchev–Trinajstić information content (AvgIpc) is 2.51. The third-order valence-corrected chi connectivity index (χ3v) is 3.28. The van der Waals surface area contributed by atoms with Crippen LogP contribution in [0.2, 0.25) is 0 Å². The number of carbonyl (C=O) groups excluding carboxylic acids is 1. The molecule has 2 rings (SSSR count). The molecule has 0 bridgehead atoms. The van der Waals surface area contributed by atoms with Crippen LogP contribution in [0.25, 0.3) is 0 Å². The molecule has 124 valence electrons. The summed E-state index contributed by atoms with van der Waals surface area (Å²) in [5, 5.41) is 21.6. The Bertz CT molecular complexity index is 825. The van der Waals surface area contributed by atoms with E-state index in [1.807, 2.05) is 0 Å². The lowest BCUT2D eigenvalue weighted by atomic mass is 10.2. The van der Waals surface area contributed by atoms with Crippen LogP contribution in [0.4, 0.5) is 21.5 Å². The van der Waals surface area contributed by atoms with Gasteiger partial charge in [0.2, 0.25) is 0 Å². The second-order valence-corrected chi connectivity index (χ2v) is 5.37. The number of hydrazine groups is 1. The molecule has 0 aliphatic heterocycles. The summed E-state index contributed by atoms with van der Waals surface area (Å²) in [4.78, 5) is 32.0. The molecule has 0 aliphatic rings. The van der Waals surface area contributed by atoms with E-state index in [9.17, 15) is 29.4 Å². The van der Waals surface area contributed by atoms with Gasteiger partial charge in [-0.15, -0.1) is 0 Å². The number of benzene rings is 2. The van der Waals surface area contributed by atoms with Crippen molar-refractivity contribution >= 4 is 38.9 Å². The van der Waals surface area contributed by atoms with Crippen molar-refractivity contribution in [3.05, 3.63) is 72.5 Å². The first kappa shape index (κ1) is 17.3. The van der Waals surface area contributed by atoms with E-state index in [1.54, 1.807) is 0 Å². The molecule has 1 amide bonds. The van der Waals surface area contributed by atoms with Crippen molar-refractivity contribution in [1.29, 1.82) is 0 Å². The second kappa shape index (κ2) is 7.00. The van der Waals surface area contributed by atoms with Crippen molar-refractivity contribution in [3.63, 3.8) is 0 Å². The minimum absolute atomic E-state index is 0.0288. The molecule has 0 aliphatic carbocycles. The van der Waals surface area contributed by atoms with Gasteiger partial charge in [0.15, 0.2) is 0 Å². The van der Waals surface area contributed by atoms with Crippen LogP contribution < -0.4 is 10.9 Å². The molecule has 2 N–H and O–H groups in total. The van der Waals surface area contributed by atoms with E-state index in [0.29, 0.717) is 4.47 Å². The van der Waals surface area contributed by atoms with Gasteiger partial charge in [0.1, 0.15) is 11.5 Å². The zero-order valence-corrected chi connectivity index (χ0v) is 13.2. The Morgan fingerprint density at radius 1 is 1.08 bits per heavy atom. The van der Waals surface area contributed by atoms with Crippen molar-refractivity contribution in [2.75, 3.05) is 5.43 Å². The minimum Gasteiger partial charge on any atom is -0.292 e. The Morgan fingerprint density at radius 2 is 1.79 bits per heavy atom. The topological polar surface area (TPSA) is 127 Å². The summed E-state index contributed by atoms with van der Waals surface area (Å²) in [6, 6.07) is 6.37. The molecular formula is C13H8BrFN4O5. The third-order valence-electron chi connectivity index (χ3n) is 2.82. The molecule has 0 heterocycles. The summed E-state index contributed by atoms with van der Waals surface area (Å²) in [7, 11) is 0. The molecule has 2 aromatic carbocycles. The maximum Gasteiger partial charge on any atom is 0.300 e. The SMILES string of the molecule is O=C(NNc1ccc([N+](=O)[O-])cc1[N+](=O)[O-])c1cc(F)cc(Br)c1. The summed E-state index contributed by atoms with van der Waals surface area (Å²) in [5.74, 6) is -1.39. The fourth-order valence-corrected chi connectivity index (χ4v) is 2.24.